The summed E-state index contributed by atoms with van der Waals surface area (Å²) in [6, 6.07) is 12.6. The number of nitrogens with one attached hydrogen (secondary N) is 2. The van der Waals surface area contributed by atoms with Crippen LogP contribution in [0.3, 0.4) is 0 Å². The van der Waals surface area contributed by atoms with Crippen LogP contribution in [-0.2, 0) is 11.3 Å². The molecule has 0 aliphatic carbocycles. The van der Waals surface area contributed by atoms with Gasteiger partial charge in [0.1, 0.15) is 6.54 Å². The number of para-hydroxylation sites is 1. The highest BCUT2D eigenvalue weighted by molar-refractivity contribution is 7.98. The lowest BCUT2D eigenvalue weighted by Crippen LogP contribution is -3.08. The number of thioether (sulfide) groups is 1. The summed E-state index contributed by atoms with van der Waals surface area (Å²) in [4.78, 5) is 14.2. The smallest absolute Gasteiger partial charge is 0.279 e. The van der Waals surface area contributed by atoms with Gasteiger partial charge in [-0.1, -0.05) is 12.1 Å². The van der Waals surface area contributed by atoms with Crippen molar-refractivity contribution in [1.82, 2.24) is 0 Å². The molecule has 128 valence electrons. The van der Waals surface area contributed by atoms with Crippen LogP contribution in [0.4, 0.5) is 10.1 Å². The fourth-order valence-corrected chi connectivity index (χ4v) is 3.00. The molecule has 2 rings (SSSR count). The predicted octanol–water partition coefficient (Wildman–Crippen LogP) is 2.21. The molecule has 0 heterocycles. The van der Waals surface area contributed by atoms with Crippen molar-refractivity contribution in [2.24, 2.45) is 0 Å². The number of carbonyl (C=O) groups is 1. The van der Waals surface area contributed by atoms with Gasteiger partial charge in [-0.2, -0.15) is 0 Å². The Kier molecular flexibility index (Phi) is 6.63. The van der Waals surface area contributed by atoms with Gasteiger partial charge in [-0.15, -0.1) is 11.8 Å². The van der Waals surface area contributed by atoms with Gasteiger partial charge >= 0.3 is 0 Å². The number of likely N-dealkylation sites (N-methyl/N-ethyl adjacent to an activating group) is 1. The fraction of sp³-hybridized carbons (Fsp3) is 0.278. The van der Waals surface area contributed by atoms with Crippen molar-refractivity contribution < 1.29 is 18.8 Å². The maximum Gasteiger partial charge on any atom is 0.279 e. The Morgan fingerprint density at radius 3 is 2.71 bits per heavy atom. The van der Waals surface area contributed by atoms with Gasteiger partial charge in [-0.05, 0) is 36.6 Å². The maximum absolute atomic E-state index is 13.7. The van der Waals surface area contributed by atoms with Crippen molar-refractivity contribution in [2.75, 3.05) is 32.3 Å². The minimum absolute atomic E-state index is 0.0667. The highest BCUT2D eigenvalue weighted by atomic mass is 32.2. The summed E-state index contributed by atoms with van der Waals surface area (Å²) in [6.45, 7) is 0.856. The fourth-order valence-electron chi connectivity index (χ4n) is 2.45. The Morgan fingerprint density at radius 1 is 1.29 bits per heavy atom. The summed E-state index contributed by atoms with van der Waals surface area (Å²) >= 11 is 1.59. The van der Waals surface area contributed by atoms with Crippen LogP contribution in [0.1, 0.15) is 5.56 Å². The van der Waals surface area contributed by atoms with Crippen LogP contribution < -0.4 is 15.0 Å². The van der Waals surface area contributed by atoms with Crippen molar-refractivity contribution in [1.29, 1.82) is 0 Å². The van der Waals surface area contributed by atoms with Gasteiger partial charge in [0.2, 0.25) is 0 Å². The summed E-state index contributed by atoms with van der Waals surface area (Å²) < 4.78 is 18.6. The maximum atomic E-state index is 13.7. The number of quaternary nitrogens is 1. The molecule has 1 unspecified atom stereocenters. The first-order valence-electron chi connectivity index (χ1n) is 7.60. The van der Waals surface area contributed by atoms with Crippen LogP contribution in [0.2, 0.25) is 0 Å². The summed E-state index contributed by atoms with van der Waals surface area (Å²) in [5.74, 6) is -0.230. The van der Waals surface area contributed by atoms with Crippen molar-refractivity contribution in [3.63, 3.8) is 0 Å². The van der Waals surface area contributed by atoms with Crippen LogP contribution in [0.25, 0.3) is 0 Å². The lowest BCUT2D eigenvalue weighted by molar-refractivity contribution is -0.885. The number of amides is 1. The van der Waals surface area contributed by atoms with E-state index in [1.807, 2.05) is 43.6 Å². The van der Waals surface area contributed by atoms with E-state index >= 15 is 0 Å². The first-order chi connectivity index (χ1) is 11.5. The number of hydrogen-bond donors (Lipinski definition) is 2. The Morgan fingerprint density at radius 2 is 2.04 bits per heavy atom. The van der Waals surface area contributed by atoms with Crippen molar-refractivity contribution in [3.05, 3.63) is 53.8 Å². The quantitative estimate of drug-likeness (QED) is 0.753. The Balaban J connectivity index is 1.93. The lowest BCUT2D eigenvalue weighted by Gasteiger charge is -2.15. The SMILES string of the molecule is COc1ccc(C[NH+](C)CC(=O)Nc2ccccc2SC)cc1F. The van der Waals surface area contributed by atoms with Crippen molar-refractivity contribution in [2.45, 2.75) is 11.4 Å². The zero-order chi connectivity index (χ0) is 17.5. The molecule has 0 fully saturated rings. The zero-order valence-corrected chi connectivity index (χ0v) is 14.9. The number of carbonyl (C=O) groups excluding carboxylic acids is 1. The number of methoxy groups -OCH3 is 1. The molecule has 0 bridgehead atoms. The minimum Gasteiger partial charge on any atom is -0.494 e. The van der Waals surface area contributed by atoms with Crippen LogP contribution in [-0.4, -0.2) is 32.9 Å². The number of rotatable bonds is 7. The molecule has 2 aromatic carbocycles. The van der Waals surface area contributed by atoms with Crippen LogP contribution in [0, 0.1) is 5.82 Å². The zero-order valence-electron chi connectivity index (χ0n) is 14.1. The second-order valence-corrected chi connectivity index (χ2v) is 6.38. The molecule has 6 heteroatoms. The average Bonchev–Trinajstić information content (AvgIpc) is 2.55. The number of hydrogen-bond acceptors (Lipinski definition) is 3. The Labute approximate surface area is 146 Å². The van der Waals surface area contributed by atoms with Crippen LogP contribution in [0.15, 0.2) is 47.4 Å². The summed E-state index contributed by atoms with van der Waals surface area (Å²) in [7, 11) is 3.34. The molecule has 0 aliphatic heterocycles. The molecule has 0 saturated heterocycles. The molecule has 0 radical (unpaired) electrons. The molecule has 4 nitrogen and oxygen atoms in total. The molecule has 2 N–H and O–H groups in total. The van der Waals surface area contributed by atoms with E-state index in [1.54, 1.807) is 17.8 Å². The number of halogens is 1. The summed E-state index contributed by atoms with van der Waals surface area (Å²) in [5, 5.41) is 2.93. The molecule has 0 saturated carbocycles. The second-order valence-electron chi connectivity index (χ2n) is 5.53. The normalized spacial score (nSPS) is 11.8. The molecule has 2 aromatic rings. The molecule has 24 heavy (non-hydrogen) atoms. The second kappa shape index (κ2) is 8.70. The lowest BCUT2D eigenvalue weighted by atomic mass is 10.2. The molecular weight excluding hydrogens is 327 g/mol. The van der Waals surface area contributed by atoms with Crippen molar-refractivity contribution in [3.8, 4) is 5.75 Å². The summed E-state index contributed by atoms with van der Waals surface area (Å²) in [5.41, 5.74) is 1.64. The Bertz CT molecular complexity index is 709. The van der Waals surface area contributed by atoms with E-state index in [0.29, 0.717) is 13.1 Å². The third-order valence-corrected chi connectivity index (χ3v) is 4.36. The summed E-state index contributed by atoms with van der Waals surface area (Å²) in [6.07, 6.45) is 1.97. The van der Waals surface area contributed by atoms with Gasteiger partial charge in [0.15, 0.2) is 18.1 Å². The third kappa shape index (κ3) is 4.97. The molecule has 1 amide bonds. The molecule has 1 atom stereocenters. The first kappa shape index (κ1) is 18.3. The molecular formula is C18H22FN2O2S+. The molecule has 0 aliphatic rings. The van der Waals surface area contributed by atoms with Crippen LogP contribution >= 0.6 is 11.8 Å². The number of ether oxygens (including phenoxy) is 1. The van der Waals surface area contributed by atoms with Gasteiger partial charge in [-0.3, -0.25) is 4.79 Å². The van der Waals surface area contributed by atoms with Gasteiger partial charge in [0.05, 0.1) is 19.8 Å². The number of benzene rings is 2. The standard InChI is InChI=1S/C18H21FN2O2S/c1-21(11-13-8-9-16(23-2)14(19)10-13)12-18(22)20-15-6-4-5-7-17(15)24-3/h4-10H,11-12H2,1-3H3,(H,20,22)/p+1. The minimum atomic E-state index is -0.388. The topological polar surface area (TPSA) is 42.8 Å². The van der Waals surface area contributed by atoms with Crippen LogP contribution in [0.5, 0.6) is 5.75 Å². The van der Waals surface area contributed by atoms with E-state index in [0.717, 1.165) is 21.0 Å². The van der Waals surface area contributed by atoms with E-state index in [4.69, 9.17) is 4.74 Å². The highest BCUT2D eigenvalue weighted by Gasteiger charge is 2.13. The van der Waals surface area contributed by atoms with E-state index < -0.39 is 0 Å². The van der Waals surface area contributed by atoms with Gasteiger partial charge in [-0.25, -0.2) is 4.39 Å². The van der Waals surface area contributed by atoms with E-state index in [1.165, 1.54) is 13.2 Å². The Hall–Kier alpha value is -2.05. The van der Waals surface area contributed by atoms with E-state index in [2.05, 4.69) is 5.32 Å². The van der Waals surface area contributed by atoms with E-state index in [9.17, 15) is 9.18 Å². The number of anilines is 1. The third-order valence-electron chi connectivity index (χ3n) is 3.57. The van der Waals surface area contributed by atoms with Gasteiger partial charge < -0.3 is 15.0 Å². The van der Waals surface area contributed by atoms with Gasteiger partial charge in [0.25, 0.3) is 5.91 Å². The van der Waals surface area contributed by atoms with E-state index in [-0.39, 0.29) is 17.5 Å². The first-order valence-corrected chi connectivity index (χ1v) is 8.82. The monoisotopic (exact) mass is 349 g/mol. The van der Waals surface area contributed by atoms with Crippen molar-refractivity contribution >= 4 is 23.4 Å². The average molecular weight is 349 g/mol. The largest absolute Gasteiger partial charge is 0.494 e. The molecule has 0 spiro atoms. The molecule has 0 aromatic heterocycles. The predicted molar refractivity (Wildman–Crippen MR) is 95.3 cm³/mol. The highest BCUT2D eigenvalue weighted by Crippen LogP contribution is 2.24. The van der Waals surface area contributed by atoms with Gasteiger partial charge in [0, 0.05) is 10.5 Å².